The van der Waals surface area contributed by atoms with Crippen LogP contribution in [0.15, 0.2) is 59.5 Å². The van der Waals surface area contributed by atoms with E-state index in [1.54, 1.807) is 11.8 Å². The second-order valence-corrected chi connectivity index (χ2v) is 9.25. The lowest BCUT2D eigenvalue weighted by Gasteiger charge is -2.34. The first-order valence-corrected chi connectivity index (χ1v) is 10.7. The van der Waals surface area contributed by atoms with Crippen molar-refractivity contribution < 1.29 is 4.79 Å². The first-order valence-electron chi connectivity index (χ1n) is 9.69. The first kappa shape index (κ1) is 20.0. The van der Waals surface area contributed by atoms with Gasteiger partial charge in [0.15, 0.2) is 0 Å². The Hall–Kier alpha value is -1.78. The molecule has 0 aromatic heterocycles. The van der Waals surface area contributed by atoms with Gasteiger partial charge in [0.25, 0.3) is 0 Å². The van der Waals surface area contributed by atoms with Crippen LogP contribution in [0.5, 0.6) is 0 Å². The largest absolute Gasteiger partial charge is 0.339 e. The molecule has 0 bridgehead atoms. The Labute approximate surface area is 167 Å². The van der Waals surface area contributed by atoms with E-state index >= 15 is 0 Å². The van der Waals surface area contributed by atoms with Crippen molar-refractivity contribution >= 4 is 17.7 Å². The average molecular weight is 383 g/mol. The van der Waals surface area contributed by atoms with Gasteiger partial charge in [-0.2, -0.15) is 0 Å². The zero-order chi connectivity index (χ0) is 19.3. The third-order valence-electron chi connectivity index (χ3n) is 5.06. The van der Waals surface area contributed by atoms with Crippen LogP contribution in [0.4, 0.5) is 0 Å². The van der Waals surface area contributed by atoms with Crippen LogP contribution in [0.3, 0.4) is 0 Å². The molecule has 0 atom stereocenters. The fourth-order valence-corrected chi connectivity index (χ4v) is 4.10. The van der Waals surface area contributed by atoms with Crippen LogP contribution in [-0.4, -0.2) is 47.6 Å². The molecule has 0 unspecified atom stereocenters. The standard InChI is InChI=1S/C23H30N2OS/c1-23(2,3)20-11-9-19(10-12-20)17-24-13-15-25(16-14-24)22(26)18-27-21-7-5-4-6-8-21/h4-12H,13-18H2,1-3H3. The van der Waals surface area contributed by atoms with Crippen molar-refractivity contribution in [3.63, 3.8) is 0 Å². The Kier molecular flexibility index (Phi) is 6.61. The summed E-state index contributed by atoms with van der Waals surface area (Å²) in [6, 6.07) is 19.1. The van der Waals surface area contributed by atoms with Crippen molar-refractivity contribution in [3.05, 3.63) is 65.7 Å². The maximum absolute atomic E-state index is 12.5. The van der Waals surface area contributed by atoms with Crippen molar-refractivity contribution in [3.8, 4) is 0 Å². The van der Waals surface area contributed by atoms with Crippen molar-refractivity contribution in [2.24, 2.45) is 0 Å². The monoisotopic (exact) mass is 382 g/mol. The third-order valence-corrected chi connectivity index (χ3v) is 6.05. The topological polar surface area (TPSA) is 23.6 Å². The van der Waals surface area contributed by atoms with E-state index in [1.807, 2.05) is 23.1 Å². The van der Waals surface area contributed by atoms with Gasteiger partial charge in [-0.3, -0.25) is 9.69 Å². The lowest BCUT2D eigenvalue weighted by atomic mass is 9.87. The lowest BCUT2D eigenvalue weighted by molar-refractivity contribution is -0.130. The number of nitrogens with zero attached hydrogens (tertiary/aromatic N) is 2. The number of amides is 1. The minimum absolute atomic E-state index is 0.197. The third kappa shape index (κ3) is 5.85. The van der Waals surface area contributed by atoms with E-state index in [4.69, 9.17) is 0 Å². The molecule has 3 rings (SSSR count). The second-order valence-electron chi connectivity index (χ2n) is 8.21. The van der Waals surface area contributed by atoms with Gasteiger partial charge in [0.2, 0.25) is 5.91 Å². The normalized spacial score (nSPS) is 15.7. The van der Waals surface area contributed by atoms with Gasteiger partial charge in [-0.05, 0) is 28.7 Å². The highest BCUT2D eigenvalue weighted by atomic mass is 32.2. The molecule has 1 aliphatic rings. The molecule has 0 saturated carbocycles. The fraction of sp³-hybridized carbons (Fsp3) is 0.435. The number of hydrogen-bond acceptors (Lipinski definition) is 3. The number of hydrogen-bond donors (Lipinski definition) is 0. The Bertz CT molecular complexity index is 729. The number of carbonyl (C=O) groups excluding carboxylic acids is 1. The predicted molar refractivity (Wildman–Crippen MR) is 114 cm³/mol. The van der Waals surface area contributed by atoms with E-state index in [1.165, 1.54) is 11.1 Å². The molecule has 0 aliphatic carbocycles. The Balaban J connectivity index is 1.44. The summed E-state index contributed by atoms with van der Waals surface area (Å²) in [5.74, 6) is 0.774. The Morgan fingerprint density at radius 3 is 2.15 bits per heavy atom. The van der Waals surface area contributed by atoms with Crippen molar-refractivity contribution in [2.75, 3.05) is 31.9 Å². The summed E-state index contributed by atoms with van der Waals surface area (Å²) in [4.78, 5) is 18.1. The Morgan fingerprint density at radius 1 is 0.926 bits per heavy atom. The van der Waals surface area contributed by atoms with E-state index in [2.05, 4.69) is 62.1 Å². The molecule has 2 aromatic carbocycles. The molecule has 27 heavy (non-hydrogen) atoms. The van der Waals surface area contributed by atoms with Crippen LogP contribution in [0.2, 0.25) is 0 Å². The van der Waals surface area contributed by atoms with Gasteiger partial charge in [-0.1, -0.05) is 63.2 Å². The molecular weight excluding hydrogens is 352 g/mol. The van der Waals surface area contributed by atoms with Gasteiger partial charge in [-0.15, -0.1) is 11.8 Å². The summed E-state index contributed by atoms with van der Waals surface area (Å²) in [5.41, 5.74) is 2.92. The molecule has 1 saturated heterocycles. The highest BCUT2D eigenvalue weighted by Gasteiger charge is 2.21. The molecule has 144 valence electrons. The molecule has 1 aliphatic heterocycles. The zero-order valence-corrected chi connectivity index (χ0v) is 17.5. The van der Waals surface area contributed by atoms with E-state index in [-0.39, 0.29) is 11.3 Å². The molecule has 1 amide bonds. The first-order chi connectivity index (χ1) is 12.9. The molecule has 2 aromatic rings. The van der Waals surface area contributed by atoms with Crippen LogP contribution in [0, 0.1) is 0 Å². The second kappa shape index (κ2) is 8.94. The van der Waals surface area contributed by atoms with Gasteiger partial charge in [0, 0.05) is 37.6 Å². The quantitative estimate of drug-likeness (QED) is 0.715. The molecule has 0 spiro atoms. The zero-order valence-electron chi connectivity index (χ0n) is 16.6. The highest BCUT2D eigenvalue weighted by molar-refractivity contribution is 8.00. The van der Waals surface area contributed by atoms with Crippen molar-refractivity contribution in [2.45, 2.75) is 37.6 Å². The van der Waals surface area contributed by atoms with Gasteiger partial charge < -0.3 is 4.90 Å². The number of piperazine rings is 1. The summed E-state index contributed by atoms with van der Waals surface area (Å²) in [6.07, 6.45) is 0. The molecule has 0 N–H and O–H groups in total. The number of carbonyl (C=O) groups is 1. The van der Waals surface area contributed by atoms with E-state index < -0.39 is 0 Å². The van der Waals surface area contributed by atoms with Crippen LogP contribution < -0.4 is 0 Å². The molecule has 0 radical (unpaired) electrons. The predicted octanol–water partition coefficient (Wildman–Crippen LogP) is 4.42. The molecule has 1 heterocycles. The van der Waals surface area contributed by atoms with E-state index in [0.717, 1.165) is 37.6 Å². The smallest absolute Gasteiger partial charge is 0.233 e. The van der Waals surface area contributed by atoms with Gasteiger partial charge in [0.05, 0.1) is 5.75 Å². The van der Waals surface area contributed by atoms with Crippen molar-refractivity contribution in [1.82, 2.24) is 9.80 Å². The summed E-state index contributed by atoms with van der Waals surface area (Å²) < 4.78 is 0. The lowest BCUT2D eigenvalue weighted by Crippen LogP contribution is -2.48. The Morgan fingerprint density at radius 2 is 1.56 bits per heavy atom. The minimum atomic E-state index is 0.197. The maximum Gasteiger partial charge on any atom is 0.233 e. The average Bonchev–Trinajstić information content (AvgIpc) is 2.67. The maximum atomic E-state index is 12.5. The number of thioether (sulfide) groups is 1. The summed E-state index contributed by atoms with van der Waals surface area (Å²) >= 11 is 1.62. The van der Waals surface area contributed by atoms with Crippen LogP contribution in [0.25, 0.3) is 0 Å². The van der Waals surface area contributed by atoms with Crippen LogP contribution in [0.1, 0.15) is 31.9 Å². The molecular formula is C23H30N2OS. The molecule has 3 nitrogen and oxygen atoms in total. The van der Waals surface area contributed by atoms with Crippen LogP contribution in [-0.2, 0) is 16.8 Å². The number of benzene rings is 2. The molecule has 4 heteroatoms. The number of rotatable bonds is 5. The molecule has 1 fully saturated rings. The van der Waals surface area contributed by atoms with Gasteiger partial charge in [0.1, 0.15) is 0 Å². The fourth-order valence-electron chi connectivity index (χ4n) is 3.28. The summed E-state index contributed by atoms with van der Waals surface area (Å²) in [5, 5.41) is 0. The van der Waals surface area contributed by atoms with Gasteiger partial charge in [-0.25, -0.2) is 0 Å². The van der Waals surface area contributed by atoms with E-state index in [9.17, 15) is 4.79 Å². The van der Waals surface area contributed by atoms with Crippen molar-refractivity contribution in [1.29, 1.82) is 0 Å². The summed E-state index contributed by atoms with van der Waals surface area (Å²) in [7, 11) is 0. The van der Waals surface area contributed by atoms with E-state index in [0.29, 0.717) is 5.75 Å². The SMILES string of the molecule is CC(C)(C)c1ccc(CN2CCN(C(=O)CSc3ccccc3)CC2)cc1. The van der Waals surface area contributed by atoms with Crippen LogP contribution >= 0.6 is 11.8 Å². The minimum Gasteiger partial charge on any atom is -0.339 e. The summed E-state index contributed by atoms with van der Waals surface area (Å²) in [6.45, 7) is 11.2. The van der Waals surface area contributed by atoms with Gasteiger partial charge >= 0.3 is 0 Å². The highest BCUT2D eigenvalue weighted by Crippen LogP contribution is 2.23.